The molecule has 1 aromatic heterocycles. The molecular formula is C12H9Cl2N3O2S. The Labute approximate surface area is 129 Å². The van der Waals surface area contributed by atoms with Crippen molar-refractivity contribution in [3.8, 4) is 0 Å². The van der Waals surface area contributed by atoms with Crippen molar-refractivity contribution in [2.75, 3.05) is 11.8 Å². The van der Waals surface area contributed by atoms with E-state index in [0.29, 0.717) is 5.56 Å². The lowest BCUT2D eigenvalue weighted by Crippen LogP contribution is -2.01. The van der Waals surface area contributed by atoms with Crippen LogP contribution in [-0.2, 0) is 4.74 Å². The molecule has 0 aliphatic rings. The predicted octanol–water partition coefficient (Wildman–Crippen LogP) is 3.69. The summed E-state index contributed by atoms with van der Waals surface area (Å²) in [6.45, 7) is 0. The first-order valence-corrected chi connectivity index (χ1v) is 6.97. The molecule has 0 saturated heterocycles. The fraction of sp³-hybridized carbons (Fsp3) is 0.0833. The largest absolute Gasteiger partial charge is 0.465 e. The van der Waals surface area contributed by atoms with Gasteiger partial charge in [0.1, 0.15) is 10.3 Å². The Morgan fingerprint density at radius 3 is 2.60 bits per heavy atom. The average Bonchev–Trinajstić information content (AvgIpc) is 2.43. The molecule has 8 heteroatoms. The number of hydrogen-bond acceptors (Lipinski definition) is 6. The zero-order chi connectivity index (χ0) is 14.5. The Kier molecular flexibility index (Phi) is 5.05. The zero-order valence-electron chi connectivity index (χ0n) is 10.3. The predicted molar refractivity (Wildman–Crippen MR) is 79.3 cm³/mol. The van der Waals surface area contributed by atoms with Gasteiger partial charge in [0.15, 0.2) is 0 Å². The van der Waals surface area contributed by atoms with Crippen molar-refractivity contribution in [1.29, 1.82) is 0 Å². The van der Waals surface area contributed by atoms with E-state index in [1.54, 1.807) is 18.2 Å². The molecule has 1 aromatic carbocycles. The fourth-order valence-electron chi connectivity index (χ4n) is 1.34. The third-order valence-electron chi connectivity index (χ3n) is 2.18. The number of carbonyl (C=O) groups is 1. The van der Waals surface area contributed by atoms with E-state index in [4.69, 9.17) is 23.2 Å². The summed E-state index contributed by atoms with van der Waals surface area (Å²) in [5.74, 6) is -0.106. The average molecular weight is 330 g/mol. The smallest absolute Gasteiger partial charge is 0.337 e. The van der Waals surface area contributed by atoms with Gasteiger partial charge >= 0.3 is 5.97 Å². The van der Waals surface area contributed by atoms with Crippen LogP contribution in [0.4, 0.5) is 5.95 Å². The summed E-state index contributed by atoms with van der Waals surface area (Å²) in [6.07, 6.45) is 0. The molecule has 0 saturated carbocycles. The van der Waals surface area contributed by atoms with E-state index in [0.717, 1.165) is 4.90 Å². The molecule has 0 fully saturated rings. The number of rotatable bonds is 4. The van der Waals surface area contributed by atoms with Gasteiger partial charge in [-0.25, -0.2) is 14.8 Å². The van der Waals surface area contributed by atoms with Crippen LogP contribution >= 0.6 is 35.1 Å². The van der Waals surface area contributed by atoms with Crippen LogP contribution in [0.1, 0.15) is 10.4 Å². The first-order valence-electron chi connectivity index (χ1n) is 5.40. The number of anilines is 1. The number of halogens is 2. The molecule has 2 rings (SSSR count). The number of ether oxygens (including phenoxy) is 1. The maximum Gasteiger partial charge on any atom is 0.337 e. The van der Waals surface area contributed by atoms with E-state index in [-0.39, 0.29) is 16.3 Å². The number of carbonyl (C=O) groups excluding carboxylic acids is 1. The van der Waals surface area contributed by atoms with Gasteiger partial charge in [-0.3, -0.25) is 4.72 Å². The van der Waals surface area contributed by atoms with Crippen molar-refractivity contribution in [2.45, 2.75) is 4.90 Å². The van der Waals surface area contributed by atoms with Gasteiger partial charge in [0.2, 0.25) is 5.95 Å². The molecule has 1 N–H and O–H groups in total. The summed E-state index contributed by atoms with van der Waals surface area (Å²) in [7, 11) is 1.34. The lowest BCUT2D eigenvalue weighted by Gasteiger charge is -2.05. The SMILES string of the molecule is COC(=O)c1cccc(SNc2nc(Cl)cc(Cl)n2)c1. The molecule has 0 amide bonds. The van der Waals surface area contributed by atoms with Gasteiger partial charge in [0, 0.05) is 11.0 Å². The van der Waals surface area contributed by atoms with Crippen LogP contribution in [0.25, 0.3) is 0 Å². The van der Waals surface area contributed by atoms with Gasteiger partial charge in [-0.05, 0) is 30.1 Å². The molecule has 0 aliphatic heterocycles. The standard InChI is InChI=1S/C12H9Cl2N3O2S/c1-19-11(18)7-3-2-4-8(5-7)20-17-12-15-9(13)6-10(14)16-12/h2-6H,1H3,(H,15,16,17). The Morgan fingerprint density at radius 1 is 1.25 bits per heavy atom. The number of hydrogen-bond donors (Lipinski definition) is 1. The third-order valence-corrected chi connectivity index (χ3v) is 3.34. The number of nitrogens with one attached hydrogen (secondary N) is 1. The van der Waals surface area contributed by atoms with Gasteiger partial charge in [0.25, 0.3) is 0 Å². The van der Waals surface area contributed by atoms with E-state index >= 15 is 0 Å². The lowest BCUT2D eigenvalue weighted by molar-refractivity contribution is 0.0600. The Hall–Kier alpha value is -1.50. The second kappa shape index (κ2) is 6.78. The summed E-state index contributed by atoms with van der Waals surface area (Å²) in [5, 5.41) is 0.493. The molecule has 5 nitrogen and oxygen atoms in total. The molecule has 20 heavy (non-hydrogen) atoms. The van der Waals surface area contributed by atoms with Crippen molar-refractivity contribution in [3.05, 3.63) is 46.2 Å². The quantitative estimate of drug-likeness (QED) is 0.524. The highest BCUT2D eigenvalue weighted by Crippen LogP contribution is 2.22. The minimum atomic E-state index is -0.394. The molecule has 0 bridgehead atoms. The van der Waals surface area contributed by atoms with Crippen molar-refractivity contribution >= 4 is 47.1 Å². The minimum Gasteiger partial charge on any atom is -0.465 e. The molecule has 0 unspecified atom stereocenters. The van der Waals surface area contributed by atoms with Crippen LogP contribution in [0.15, 0.2) is 35.2 Å². The van der Waals surface area contributed by atoms with Crippen LogP contribution in [0, 0.1) is 0 Å². The molecule has 2 aromatic rings. The maximum atomic E-state index is 11.4. The summed E-state index contributed by atoms with van der Waals surface area (Å²) in [4.78, 5) is 20.2. The van der Waals surface area contributed by atoms with E-state index < -0.39 is 5.97 Å². The topological polar surface area (TPSA) is 64.1 Å². The molecule has 0 spiro atoms. The van der Waals surface area contributed by atoms with Crippen molar-refractivity contribution in [1.82, 2.24) is 9.97 Å². The molecule has 0 aliphatic carbocycles. The van der Waals surface area contributed by atoms with Gasteiger partial charge in [-0.2, -0.15) is 0 Å². The van der Waals surface area contributed by atoms with E-state index in [1.165, 1.54) is 25.1 Å². The van der Waals surface area contributed by atoms with Crippen molar-refractivity contribution < 1.29 is 9.53 Å². The summed E-state index contributed by atoms with van der Waals surface area (Å²) in [5.41, 5.74) is 0.462. The molecule has 104 valence electrons. The van der Waals surface area contributed by atoms with Crippen molar-refractivity contribution in [2.24, 2.45) is 0 Å². The first kappa shape index (κ1) is 14.9. The normalized spacial score (nSPS) is 10.2. The van der Waals surface area contributed by atoms with Crippen LogP contribution < -0.4 is 4.72 Å². The monoisotopic (exact) mass is 329 g/mol. The Morgan fingerprint density at radius 2 is 1.95 bits per heavy atom. The van der Waals surface area contributed by atoms with Crippen LogP contribution in [0.3, 0.4) is 0 Å². The van der Waals surface area contributed by atoms with Crippen LogP contribution in [-0.4, -0.2) is 23.0 Å². The highest BCUT2D eigenvalue weighted by atomic mass is 35.5. The number of nitrogens with zero attached hydrogens (tertiary/aromatic N) is 2. The summed E-state index contributed by atoms with van der Waals surface area (Å²) < 4.78 is 7.56. The van der Waals surface area contributed by atoms with E-state index in [2.05, 4.69) is 19.4 Å². The van der Waals surface area contributed by atoms with Gasteiger partial charge in [-0.15, -0.1) is 0 Å². The minimum absolute atomic E-state index is 0.247. The molecule has 0 atom stereocenters. The first-order chi connectivity index (χ1) is 9.58. The van der Waals surface area contributed by atoms with Crippen LogP contribution in [0.5, 0.6) is 0 Å². The highest BCUT2D eigenvalue weighted by molar-refractivity contribution is 8.00. The summed E-state index contributed by atoms with van der Waals surface area (Å²) >= 11 is 12.8. The fourth-order valence-corrected chi connectivity index (χ4v) is 2.40. The molecular weight excluding hydrogens is 321 g/mol. The molecule has 0 radical (unpaired) electrons. The zero-order valence-corrected chi connectivity index (χ0v) is 12.6. The maximum absolute atomic E-state index is 11.4. The van der Waals surface area contributed by atoms with Gasteiger partial charge in [0.05, 0.1) is 12.7 Å². The molecule has 1 heterocycles. The highest BCUT2D eigenvalue weighted by Gasteiger charge is 2.07. The number of methoxy groups -OCH3 is 1. The Bertz CT molecular complexity index is 620. The second-order valence-electron chi connectivity index (χ2n) is 3.56. The number of esters is 1. The van der Waals surface area contributed by atoms with E-state index in [9.17, 15) is 4.79 Å². The number of benzene rings is 1. The second-order valence-corrected chi connectivity index (χ2v) is 5.21. The van der Waals surface area contributed by atoms with Gasteiger partial charge in [-0.1, -0.05) is 29.3 Å². The lowest BCUT2D eigenvalue weighted by atomic mass is 10.2. The summed E-state index contributed by atoms with van der Waals surface area (Å²) in [6, 6.07) is 8.38. The Balaban J connectivity index is 2.09. The third kappa shape index (κ3) is 4.00. The van der Waals surface area contributed by atoms with Crippen LogP contribution in [0.2, 0.25) is 10.3 Å². The van der Waals surface area contributed by atoms with Gasteiger partial charge < -0.3 is 4.74 Å². The number of aromatic nitrogens is 2. The van der Waals surface area contributed by atoms with E-state index in [1.807, 2.05) is 6.07 Å². The van der Waals surface area contributed by atoms with Crippen molar-refractivity contribution in [3.63, 3.8) is 0 Å².